The minimum atomic E-state index is -0.501. The fourth-order valence-corrected chi connectivity index (χ4v) is 4.92. The molecule has 0 fully saturated rings. The monoisotopic (exact) mass is 470 g/mol. The van der Waals surface area contributed by atoms with Crippen LogP contribution in [0.4, 0.5) is 8.78 Å². The molecule has 2 aromatic carbocycles. The van der Waals surface area contributed by atoms with Gasteiger partial charge in [0.25, 0.3) is 5.91 Å². The van der Waals surface area contributed by atoms with Crippen LogP contribution in [0.2, 0.25) is 0 Å². The van der Waals surface area contributed by atoms with Gasteiger partial charge >= 0.3 is 0 Å². The van der Waals surface area contributed by atoms with Crippen LogP contribution in [0.25, 0.3) is 0 Å². The SMILES string of the molecule is CCN(CC(=O)N1CCc2sccc2[C@H]1COc1cccc(F)c1)C(=O)c1cccc(F)c1. The van der Waals surface area contributed by atoms with Gasteiger partial charge < -0.3 is 14.5 Å². The number of nitrogens with zero attached hydrogens (tertiary/aromatic N) is 2. The summed E-state index contributed by atoms with van der Waals surface area (Å²) in [7, 11) is 0. The highest BCUT2D eigenvalue weighted by atomic mass is 32.1. The summed E-state index contributed by atoms with van der Waals surface area (Å²) in [5.74, 6) is -1.12. The predicted molar refractivity (Wildman–Crippen MR) is 122 cm³/mol. The zero-order valence-corrected chi connectivity index (χ0v) is 19.0. The fraction of sp³-hybridized carbons (Fsp3) is 0.280. The number of hydrogen-bond donors (Lipinski definition) is 0. The first-order valence-electron chi connectivity index (χ1n) is 10.7. The molecule has 1 aliphatic rings. The average molecular weight is 471 g/mol. The maximum atomic E-state index is 13.6. The van der Waals surface area contributed by atoms with Gasteiger partial charge in [-0.1, -0.05) is 12.1 Å². The van der Waals surface area contributed by atoms with Gasteiger partial charge in [0, 0.05) is 29.6 Å². The zero-order valence-electron chi connectivity index (χ0n) is 18.2. The van der Waals surface area contributed by atoms with Crippen LogP contribution in [0, 0.1) is 11.6 Å². The Bertz CT molecular complexity index is 1150. The normalized spacial score (nSPS) is 15.1. The molecule has 8 heteroatoms. The molecule has 4 rings (SSSR count). The van der Waals surface area contributed by atoms with Gasteiger partial charge in [-0.05, 0) is 60.7 Å². The van der Waals surface area contributed by atoms with E-state index in [1.54, 1.807) is 35.3 Å². The van der Waals surface area contributed by atoms with Crippen molar-refractivity contribution in [3.8, 4) is 5.75 Å². The van der Waals surface area contributed by atoms with Crippen LogP contribution in [-0.4, -0.2) is 47.9 Å². The molecule has 1 aliphatic heterocycles. The van der Waals surface area contributed by atoms with E-state index in [0.717, 1.165) is 12.0 Å². The van der Waals surface area contributed by atoms with E-state index in [-0.39, 0.29) is 30.7 Å². The number of benzene rings is 2. The Kier molecular flexibility index (Phi) is 7.03. The second-order valence-corrected chi connectivity index (χ2v) is 8.75. The number of carbonyl (C=O) groups excluding carboxylic acids is 2. The molecule has 1 atom stereocenters. The number of amides is 2. The Morgan fingerprint density at radius 3 is 2.61 bits per heavy atom. The number of thiophene rings is 1. The van der Waals surface area contributed by atoms with Gasteiger partial charge in [0.15, 0.2) is 0 Å². The van der Waals surface area contributed by atoms with Crippen molar-refractivity contribution < 1.29 is 23.1 Å². The van der Waals surface area contributed by atoms with Gasteiger partial charge in [-0.25, -0.2) is 8.78 Å². The fourth-order valence-electron chi connectivity index (χ4n) is 3.99. The smallest absolute Gasteiger partial charge is 0.254 e. The first kappa shape index (κ1) is 22.9. The van der Waals surface area contributed by atoms with Crippen molar-refractivity contribution in [2.75, 3.05) is 26.2 Å². The minimum absolute atomic E-state index is 0.123. The van der Waals surface area contributed by atoms with Crippen molar-refractivity contribution in [2.45, 2.75) is 19.4 Å². The Morgan fingerprint density at radius 2 is 1.88 bits per heavy atom. The van der Waals surface area contributed by atoms with E-state index in [0.29, 0.717) is 18.8 Å². The Balaban J connectivity index is 1.51. The number of hydrogen-bond acceptors (Lipinski definition) is 4. The number of halogens is 2. The van der Waals surface area contributed by atoms with Crippen LogP contribution in [0.1, 0.15) is 33.8 Å². The lowest BCUT2D eigenvalue weighted by molar-refractivity contribution is -0.135. The van der Waals surface area contributed by atoms with Crippen LogP contribution in [0.3, 0.4) is 0 Å². The molecular weight excluding hydrogens is 446 g/mol. The summed E-state index contributed by atoms with van der Waals surface area (Å²) in [4.78, 5) is 30.5. The number of fused-ring (bicyclic) bond motifs is 1. The van der Waals surface area contributed by atoms with Crippen molar-refractivity contribution in [3.05, 3.63) is 87.6 Å². The van der Waals surface area contributed by atoms with E-state index in [1.165, 1.54) is 46.2 Å². The van der Waals surface area contributed by atoms with E-state index in [1.807, 2.05) is 11.4 Å². The number of carbonyl (C=O) groups is 2. The summed E-state index contributed by atoms with van der Waals surface area (Å²) in [5.41, 5.74) is 1.21. The van der Waals surface area contributed by atoms with Crippen LogP contribution in [-0.2, 0) is 11.2 Å². The molecule has 5 nitrogen and oxygen atoms in total. The maximum absolute atomic E-state index is 13.6. The Hall–Kier alpha value is -3.26. The molecule has 0 unspecified atom stereocenters. The van der Waals surface area contributed by atoms with Crippen LogP contribution in [0.15, 0.2) is 60.0 Å². The summed E-state index contributed by atoms with van der Waals surface area (Å²) in [6.45, 7) is 2.63. The molecular formula is C25H24F2N2O3S. The number of rotatable bonds is 7. The molecule has 0 aliphatic carbocycles. The third kappa shape index (κ3) is 5.22. The van der Waals surface area contributed by atoms with Crippen molar-refractivity contribution in [1.29, 1.82) is 0 Å². The molecule has 0 radical (unpaired) electrons. The predicted octanol–water partition coefficient (Wildman–Crippen LogP) is 4.69. The average Bonchev–Trinajstić information content (AvgIpc) is 3.29. The van der Waals surface area contributed by atoms with Gasteiger partial charge in [0.2, 0.25) is 5.91 Å². The highest BCUT2D eigenvalue weighted by Gasteiger charge is 2.33. The number of likely N-dealkylation sites (N-methyl/N-ethyl adjacent to an activating group) is 1. The van der Waals surface area contributed by atoms with Crippen molar-refractivity contribution >= 4 is 23.2 Å². The summed E-state index contributed by atoms with van der Waals surface area (Å²) < 4.78 is 33.0. The quantitative estimate of drug-likeness (QED) is 0.503. The minimum Gasteiger partial charge on any atom is -0.491 e. The van der Waals surface area contributed by atoms with Crippen molar-refractivity contribution in [3.63, 3.8) is 0 Å². The van der Waals surface area contributed by atoms with E-state index < -0.39 is 17.5 Å². The molecule has 33 heavy (non-hydrogen) atoms. The molecule has 0 N–H and O–H groups in total. The Labute approximate surface area is 195 Å². The lowest BCUT2D eigenvalue weighted by Gasteiger charge is -2.37. The van der Waals surface area contributed by atoms with Gasteiger partial charge in [-0.3, -0.25) is 9.59 Å². The molecule has 2 amide bonds. The first-order chi connectivity index (χ1) is 16.0. The molecule has 172 valence electrons. The molecule has 3 aromatic rings. The van der Waals surface area contributed by atoms with Crippen LogP contribution < -0.4 is 4.74 Å². The maximum Gasteiger partial charge on any atom is 0.254 e. The van der Waals surface area contributed by atoms with Crippen LogP contribution >= 0.6 is 11.3 Å². The third-order valence-electron chi connectivity index (χ3n) is 5.69. The summed E-state index contributed by atoms with van der Waals surface area (Å²) in [6.07, 6.45) is 0.721. The van der Waals surface area contributed by atoms with Gasteiger partial charge in [-0.15, -0.1) is 11.3 Å². The third-order valence-corrected chi connectivity index (χ3v) is 6.68. The highest BCUT2D eigenvalue weighted by Crippen LogP contribution is 2.34. The number of ether oxygens (including phenoxy) is 1. The van der Waals surface area contributed by atoms with Crippen LogP contribution in [0.5, 0.6) is 5.75 Å². The molecule has 2 heterocycles. The van der Waals surface area contributed by atoms with Gasteiger partial charge in [0.05, 0.1) is 6.04 Å². The summed E-state index contributed by atoms with van der Waals surface area (Å²) >= 11 is 1.64. The molecule has 0 bridgehead atoms. The molecule has 0 saturated heterocycles. The van der Waals surface area contributed by atoms with Gasteiger partial charge in [-0.2, -0.15) is 0 Å². The second-order valence-electron chi connectivity index (χ2n) is 7.75. The molecule has 0 saturated carbocycles. The Morgan fingerprint density at radius 1 is 1.12 bits per heavy atom. The molecule has 1 aromatic heterocycles. The molecule has 0 spiro atoms. The van der Waals surface area contributed by atoms with E-state index in [2.05, 4.69) is 0 Å². The first-order valence-corrected chi connectivity index (χ1v) is 11.6. The highest BCUT2D eigenvalue weighted by molar-refractivity contribution is 7.10. The lowest BCUT2D eigenvalue weighted by Crippen LogP contribution is -2.47. The van der Waals surface area contributed by atoms with Crippen molar-refractivity contribution in [2.24, 2.45) is 0 Å². The van der Waals surface area contributed by atoms with E-state index in [4.69, 9.17) is 4.74 Å². The zero-order chi connectivity index (χ0) is 23.4. The standard InChI is InChI=1S/C25H24F2N2O3S/c1-2-28(25(31)17-5-3-6-18(26)13-17)15-24(30)29-11-9-23-21(10-12-33-23)22(29)16-32-20-8-4-7-19(27)14-20/h3-8,10,12-14,22H,2,9,11,15-16H2,1H3/t22-/m1/s1. The second kappa shape index (κ2) is 10.1. The van der Waals surface area contributed by atoms with E-state index in [9.17, 15) is 18.4 Å². The van der Waals surface area contributed by atoms with E-state index >= 15 is 0 Å². The largest absolute Gasteiger partial charge is 0.491 e. The topological polar surface area (TPSA) is 49.9 Å². The summed E-state index contributed by atoms with van der Waals surface area (Å²) in [5, 5.41) is 1.99. The van der Waals surface area contributed by atoms with Gasteiger partial charge in [0.1, 0.15) is 30.5 Å². The lowest BCUT2D eigenvalue weighted by atomic mass is 10.0. The summed E-state index contributed by atoms with van der Waals surface area (Å²) in [6, 6.07) is 13.0. The van der Waals surface area contributed by atoms with Crippen molar-refractivity contribution in [1.82, 2.24) is 9.80 Å².